The van der Waals surface area contributed by atoms with Gasteiger partial charge in [0.2, 0.25) is 12.0 Å². The van der Waals surface area contributed by atoms with Crippen LogP contribution < -0.4 is 14.2 Å². The second-order valence-corrected chi connectivity index (χ2v) is 7.44. The molecular formula is C23H26O11. The number of hydrogen-bond acceptors (Lipinski definition) is 11. The van der Waals surface area contributed by atoms with E-state index in [0.29, 0.717) is 5.56 Å². The maximum Gasteiger partial charge on any atom is 0.229 e. The second kappa shape index (κ2) is 10.7. The second-order valence-electron chi connectivity index (χ2n) is 7.44. The van der Waals surface area contributed by atoms with Gasteiger partial charge in [0.05, 0.1) is 26.4 Å². The first-order valence-corrected chi connectivity index (χ1v) is 10.2. The van der Waals surface area contributed by atoms with Crippen LogP contribution in [0, 0.1) is 0 Å². The molecule has 1 saturated heterocycles. The zero-order chi connectivity index (χ0) is 25.0. The van der Waals surface area contributed by atoms with E-state index in [1.54, 1.807) is 6.07 Å². The van der Waals surface area contributed by atoms with Crippen LogP contribution in [0.2, 0.25) is 0 Å². The van der Waals surface area contributed by atoms with Crippen LogP contribution in [-0.4, -0.2) is 88.0 Å². The van der Waals surface area contributed by atoms with Crippen molar-refractivity contribution in [1.29, 1.82) is 0 Å². The van der Waals surface area contributed by atoms with Crippen molar-refractivity contribution in [3.8, 4) is 28.7 Å². The summed E-state index contributed by atoms with van der Waals surface area (Å²) < 4.78 is 21.0. The fourth-order valence-corrected chi connectivity index (χ4v) is 3.39. The van der Waals surface area contributed by atoms with Gasteiger partial charge < -0.3 is 49.6 Å². The third-order valence-corrected chi connectivity index (χ3v) is 5.29. The highest BCUT2D eigenvalue weighted by Crippen LogP contribution is 2.41. The van der Waals surface area contributed by atoms with E-state index in [-0.39, 0.29) is 28.6 Å². The Kier molecular flexibility index (Phi) is 7.97. The lowest BCUT2D eigenvalue weighted by Gasteiger charge is -2.39. The molecular weight excluding hydrogens is 452 g/mol. The minimum atomic E-state index is -1.67. The van der Waals surface area contributed by atoms with Gasteiger partial charge in [0.1, 0.15) is 24.4 Å². The topological polar surface area (TPSA) is 175 Å². The highest BCUT2D eigenvalue weighted by molar-refractivity contribution is 6.09. The maximum atomic E-state index is 12.7. The molecule has 3 rings (SSSR count). The van der Waals surface area contributed by atoms with E-state index >= 15 is 0 Å². The number of ketones is 1. The average Bonchev–Trinajstić information content (AvgIpc) is 2.83. The molecule has 0 radical (unpaired) electrons. The first-order chi connectivity index (χ1) is 16.2. The molecule has 5 atom stereocenters. The van der Waals surface area contributed by atoms with Crippen molar-refractivity contribution >= 4 is 11.9 Å². The van der Waals surface area contributed by atoms with Gasteiger partial charge in [-0.3, -0.25) is 4.79 Å². The summed E-state index contributed by atoms with van der Waals surface area (Å²) in [6.45, 7) is -0.639. The van der Waals surface area contributed by atoms with E-state index in [4.69, 9.17) is 18.9 Å². The average molecular weight is 478 g/mol. The van der Waals surface area contributed by atoms with Gasteiger partial charge in [-0.25, -0.2) is 0 Å². The highest BCUT2D eigenvalue weighted by atomic mass is 16.7. The number of aromatic hydroxyl groups is 2. The summed E-state index contributed by atoms with van der Waals surface area (Å²) in [4.78, 5) is 12.7. The number of aliphatic hydroxyl groups is 4. The summed E-state index contributed by atoms with van der Waals surface area (Å²) in [5.74, 6) is -1.28. The van der Waals surface area contributed by atoms with Gasteiger partial charge in [0, 0.05) is 0 Å². The lowest BCUT2D eigenvalue weighted by Crippen LogP contribution is -2.60. The first kappa shape index (κ1) is 25.3. The van der Waals surface area contributed by atoms with Gasteiger partial charge in [-0.05, 0) is 35.9 Å². The predicted molar refractivity (Wildman–Crippen MR) is 117 cm³/mol. The Bertz CT molecular complexity index is 1050. The normalized spacial score (nSPS) is 24.7. The van der Waals surface area contributed by atoms with Crippen LogP contribution in [0.4, 0.5) is 0 Å². The summed E-state index contributed by atoms with van der Waals surface area (Å²) in [5.41, 5.74) is 0.456. The van der Waals surface area contributed by atoms with E-state index in [9.17, 15) is 35.4 Å². The van der Waals surface area contributed by atoms with Crippen LogP contribution >= 0.6 is 0 Å². The number of phenols is 2. The Morgan fingerprint density at radius 3 is 2.38 bits per heavy atom. The van der Waals surface area contributed by atoms with E-state index < -0.39 is 48.8 Å². The molecule has 34 heavy (non-hydrogen) atoms. The van der Waals surface area contributed by atoms with Gasteiger partial charge in [0.25, 0.3) is 0 Å². The van der Waals surface area contributed by atoms with Crippen LogP contribution in [-0.2, 0) is 4.74 Å². The SMILES string of the molecule is COc1cc(/C=C/C(=O)c2ccc(O[C@@H]3O[C@H](CO)[C@@H](O)[C@H](O)[C@H]3O)c(OC)c2O)ccc1O. The zero-order valence-electron chi connectivity index (χ0n) is 18.4. The molecule has 0 unspecified atom stereocenters. The van der Waals surface area contributed by atoms with E-state index in [1.165, 1.54) is 50.6 Å². The predicted octanol–water partition coefficient (Wildman–Crippen LogP) is 0.190. The largest absolute Gasteiger partial charge is 0.504 e. The molecule has 2 aromatic rings. The molecule has 0 spiro atoms. The van der Waals surface area contributed by atoms with Crippen molar-refractivity contribution in [3.63, 3.8) is 0 Å². The number of rotatable bonds is 8. The third kappa shape index (κ3) is 5.08. The molecule has 1 heterocycles. The van der Waals surface area contributed by atoms with Crippen molar-refractivity contribution in [1.82, 2.24) is 0 Å². The summed E-state index contributed by atoms with van der Waals surface area (Å²) in [6, 6.07) is 7.07. The monoisotopic (exact) mass is 478 g/mol. The molecule has 11 heteroatoms. The number of allylic oxidation sites excluding steroid dienone is 1. The smallest absolute Gasteiger partial charge is 0.229 e. The lowest BCUT2D eigenvalue weighted by atomic mass is 9.99. The maximum absolute atomic E-state index is 12.7. The standard InChI is InChI=1S/C23H26O11/c1-31-16-9-11(4-7-14(16)26)3-6-13(25)12-5-8-15(22(32-2)18(12)27)33-23-21(30)20(29)19(28)17(10-24)34-23/h3-9,17,19-21,23-24,26-30H,10H2,1-2H3/b6-3+/t17-,19-,20+,21-,23-/m1/s1. The fraction of sp³-hybridized carbons (Fsp3) is 0.348. The Balaban J connectivity index is 1.82. The number of hydrogen-bond donors (Lipinski definition) is 6. The number of methoxy groups -OCH3 is 2. The molecule has 184 valence electrons. The minimum Gasteiger partial charge on any atom is -0.504 e. The van der Waals surface area contributed by atoms with Gasteiger partial charge in [-0.1, -0.05) is 12.1 Å². The van der Waals surface area contributed by atoms with Gasteiger partial charge in [0.15, 0.2) is 28.8 Å². The Hall–Kier alpha value is -3.35. The van der Waals surface area contributed by atoms with Gasteiger partial charge in [-0.2, -0.15) is 0 Å². The molecule has 2 aromatic carbocycles. The Morgan fingerprint density at radius 1 is 1.00 bits per heavy atom. The van der Waals surface area contributed by atoms with E-state index in [2.05, 4.69) is 0 Å². The number of ether oxygens (including phenoxy) is 4. The van der Waals surface area contributed by atoms with Crippen LogP contribution in [0.25, 0.3) is 6.08 Å². The van der Waals surface area contributed by atoms with Crippen LogP contribution in [0.1, 0.15) is 15.9 Å². The molecule has 6 N–H and O–H groups in total. The zero-order valence-corrected chi connectivity index (χ0v) is 18.4. The van der Waals surface area contributed by atoms with E-state index in [0.717, 1.165) is 0 Å². The van der Waals surface area contributed by atoms with Crippen molar-refractivity contribution in [2.45, 2.75) is 30.7 Å². The number of carbonyl (C=O) groups is 1. The lowest BCUT2D eigenvalue weighted by molar-refractivity contribution is -0.277. The molecule has 1 aliphatic rings. The Morgan fingerprint density at radius 2 is 1.74 bits per heavy atom. The molecule has 1 fully saturated rings. The number of aliphatic hydroxyl groups excluding tert-OH is 4. The van der Waals surface area contributed by atoms with Gasteiger partial charge >= 0.3 is 0 Å². The molecule has 0 aliphatic carbocycles. The van der Waals surface area contributed by atoms with Crippen molar-refractivity contribution in [2.24, 2.45) is 0 Å². The summed E-state index contributed by atoms with van der Waals surface area (Å²) in [5, 5.41) is 59.5. The van der Waals surface area contributed by atoms with E-state index in [1.807, 2.05) is 0 Å². The quantitative estimate of drug-likeness (QED) is 0.226. The van der Waals surface area contributed by atoms with Crippen LogP contribution in [0.5, 0.6) is 28.7 Å². The summed E-state index contributed by atoms with van der Waals surface area (Å²) in [7, 11) is 2.62. The van der Waals surface area contributed by atoms with Gasteiger partial charge in [-0.15, -0.1) is 0 Å². The molecule has 11 nitrogen and oxygen atoms in total. The first-order valence-electron chi connectivity index (χ1n) is 10.2. The van der Waals surface area contributed by atoms with Crippen LogP contribution in [0.3, 0.4) is 0 Å². The minimum absolute atomic E-state index is 0.0525. The molecule has 1 aliphatic heterocycles. The molecule has 0 saturated carbocycles. The van der Waals surface area contributed by atoms with Crippen LogP contribution in [0.15, 0.2) is 36.4 Å². The third-order valence-electron chi connectivity index (χ3n) is 5.29. The fourth-order valence-electron chi connectivity index (χ4n) is 3.39. The molecule has 0 aromatic heterocycles. The summed E-state index contributed by atoms with van der Waals surface area (Å²) in [6.07, 6.45) is -4.90. The van der Waals surface area contributed by atoms with Crippen molar-refractivity contribution in [3.05, 3.63) is 47.5 Å². The number of phenolic OH excluding ortho intramolecular Hbond substituents is 2. The molecule has 0 amide bonds. The van der Waals surface area contributed by atoms with Crippen molar-refractivity contribution in [2.75, 3.05) is 20.8 Å². The molecule has 0 bridgehead atoms. The Labute approximate surface area is 194 Å². The number of benzene rings is 2. The summed E-state index contributed by atoms with van der Waals surface area (Å²) >= 11 is 0. The number of carbonyl (C=O) groups excluding carboxylic acids is 1. The highest BCUT2D eigenvalue weighted by Gasteiger charge is 2.45. The van der Waals surface area contributed by atoms with Crippen molar-refractivity contribution < 1.29 is 54.4 Å².